The third-order valence-electron chi connectivity index (χ3n) is 4.37. The van der Waals surface area contributed by atoms with Gasteiger partial charge in [0.25, 0.3) is 0 Å². The largest absolute Gasteiger partial charge is 0.496 e. The molecule has 1 amide bonds. The van der Waals surface area contributed by atoms with Gasteiger partial charge in [-0.2, -0.15) is 0 Å². The van der Waals surface area contributed by atoms with E-state index >= 15 is 0 Å². The number of amides is 1. The number of hydrogen-bond acceptors (Lipinski definition) is 3. The zero-order valence-corrected chi connectivity index (χ0v) is 13.4. The smallest absolute Gasteiger partial charge is 0.223 e. The van der Waals surface area contributed by atoms with Crippen molar-refractivity contribution in [3.63, 3.8) is 0 Å². The van der Waals surface area contributed by atoms with Crippen molar-refractivity contribution >= 4 is 5.91 Å². The van der Waals surface area contributed by atoms with Crippen LogP contribution in [0.3, 0.4) is 0 Å². The molecule has 5 heteroatoms. The summed E-state index contributed by atoms with van der Waals surface area (Å²) in [5.41, 5.74) is 1.48. The Hall–Kier alpha value is -2.40. The van der Waals surface area contributed by atoms with E-state index in [0.717, 1.165) is 17.7 Å². The second kappa shape index (κ2) is 7.01. The van der Waals surface area contributed by atoms with Gasteiger partial charge in [-0.15, -0.1) is 0 Å². The van der Waals surface area contributed by atoms with Crippen LogP contribution in [0.25, 0.3) is 0 Å². The van der Waals surface area contributed by atoms with Gasteiger partial charge < -0.3 is 15.2 Å². The number of benzene rings is 2. The zero-order chi connectivity index (χ0) is 17.1. The summed E-state index contributed by atoms with van der Waals surface area (Å²) < 4.78 is 18.5. The van der Waals surface area contributed by atoms with Crippen LogP contribution in [0, 0.1) is 11.7 Å². The number of hydrogen-bond donors (Lipinski definition) is 2. The van der Waals surface area contributed by atoms with Gasteiger partial charge in [0, 0.05) is 12.5 Å². The minimum absolute atomic E-state index is 0.0669. The second-order valence-corrected chi connectivity index (χ2v) is 6.01. The highest BCUT2D eigenvalue weighted by molar-refractivity contribution is 5.83. The third-order valence-corrected chi connectivity index (χ3v) is 4.37. The highest BCUT2D eigenvalue weighted by Gasteiger charge is 2.45. The van der Waals surface area contributed by atoms with Gasteiger partial charge in [-0.1, -0.05) is 30.3 Å². The second-order valence-electron chi connectivity index (χ2n) is 6.01. The van der Waals surface area contributed by atoms with Crippen molar-refractivity contribution in [3.8, 4) is 5.75 Å². The molecular weight excluding hydrogens is 309 g/mol. The molecule has 1 fully saturated rings. The Balaban J connectivity index is 1.55. The number of carbonyl (C=O) groups excluding carboxylic acids is 1. The molecule has 2 N–H and O–H groups in total. The van der Waals surface area contributed by atoms with E-state index in [9.17, 15) is 14.3 Å². The average molecular weight is 329 g/mol. The van der Waals surface area contributed by atoms with Crippen LogP contribution in [0.5, 0.6) is 5.75 Å². The topological polar surface area (TPSA) is 58.6 Å². The molecule has 0 radical (unpaired) electrons. The van der Waals surface area contributed by atoms with Crippen LogP contribution in [0.1, 0.15) is 29.6 Å². The predicted octanol–water partition coefficient (Wildman–Crippen LogP) is 2.79. The van der Waals surface area contributed by atoms with E-state index in [1.165, 1.54) is 18.2 Å². The van der Waals surface area contributed by atoms with Crippen LogP contribution in [-0.2, 0) is 4.79 Å². The molecule has 1 aliphatic rings. The van der Waals surface area contributed by atoms with Gasteiger partial charge in [-0.05, 0) is 41.7 Å². The van der Waals surface area contributed by atoms with E-state index in [0.29, 0.717) is 5.56 Å². The van der Waals surface area contributed by atoms with E-state index in [1.807, 2.05) is 24.3 Å². The summed E-state index contributed by atoms with van der Waals surface area (Å²) in [4.78, 5) is 12.3. The van der Waals surface area contributed by atoms with Crippen molar-refractivity contribution in [1.29, 1.82) is 0 Å². The van der Waals surface area contributed by atoms with Gasteiger partial charge in [-0.3, -0.25) is 4.79 Å². The minimum Gasteiger partial charge on any atom is -0.496 e. The fourth-order valence-corrected chi connectivity index (χ4v) is 2.96. The molecule has 4 nitrogen and oxygen atoms in total. The first kappa shape index (κ1) is 16.5. The van der Waals surface area contributed by atoms with Gasteiger partial charge in [0.2, 0.25) is 5.91 Å². The number of carbonyl (C=O) groups is 1. The van der Waals surface area contributed by atoms with Gasteiger partial charge in [0.1, 0.15) is 11.6 Å². The lowest BCUT2D eigenvalue weighted by Crippen LogP contribution is -2.30. The fourth-order valence-electron chi connectivity index (χ4n) is 2.96. The van der Waals surface area contributed by atoms with E-state index in [4.69, 9.17) is 4.74 Å². The first-order valence-electron chi connectivity index (χ1n) is 7.94. The van der Waals surface area contributed by atoms with Crippen molar-refractivity contribution in [1.82, 2.24) is 5.32 Å². The molecule has 0 spiro atoms. The summed E-state index contributed by atoms with van der Waals surface area (Å²) in [5.74, 6) is 0.323. The third kappa shape index (κ3) is 3.57. The van der Waals surface area contributed by atoms with Crippen LogP contribution in [0.2, 0.25) is 0 Å². The summed E-state index contributed by atoms with van der Waals surface area (Å²) in [6, 6.07) is 13.4. The number of halogens is 1. The molecule has 0 unspecified atom stereocenters. The van der Waals surface area contributed by atoms with Crippen molar-refractivity contribution in [2.45, 2.75) is 18.4 Å². The maximum absolute atomic E-state index is 13.2. The number of aliphatic hydroxyl groups is 1. The molecule has 1 saturated carbocycles. The monoisotopic (exact) mass is 329 g/mol. The highest BCUT2D eigenvalue weighted by atomic mass is 19.1. The Bertz CT molecular complexity index is 734. The van der Waals surface area contributed by atoms with Crippen molar-refractivity contribution in [2.75, 3.05) is 13.7 Å². The Morgan fingerprint density at radius 2 is 2.12 bits per heavy atom. The van der Waals surface area contributed by atoms with Crippen LogP contribution in [-0.4, -0.2) is 24.7 Å². The minimum atomic E-state index is -0.923. The summed E-state index contributed by atoms with van der Waals surface area (Å²) in [5, 5.41) is 12.8. The molecule has 0 bridgehead atoms. The van der Waals surface area contributed by atoms with Crippen molar-refractivity contribution < 1.29 is 19.0 Å². The standard InChI is InChI=1S/C19H20FNO3/c1-24-18-8-3-2-7-14(18)15-10-16(15)19(23)21-11-17(22)12-5-4-6-13(20)9-12/h2-9,15-17,22H,10-11H2,1H3,(H,21,23)/t15-,16-,17+/m0/s1. The lowest BCUT2D eigenvalue weighted by molar-refractivity contribution is -0.122. The Morgan fingerprint density at radius 3 is 2.88 bits per heavy atom. The average Bonchev–Trinajstić information content (AvgIpc) is 3.40. The van der Waals surface area contributed by atoms with Crippen LogP contribution >= 0.6 is 0 Å². The van der Waals surface area contributed by atoms with Gasteiger partial charge >= 0.3 is 0 Å². The molecule has 3 atom stereocenters. The summed E-state index contributed by atoms with van der Waals surface area (Å²) >= 11 is 0. The van der Waals surface area contributed by atoms with E-state index in [1.54, 1.807) is 13.2 Å². The highest BCUT2D eigenvalue weighted by Crippen LogP contribution is 2.50. The molecule has 24 heavy (non-hydrogen) atoms. The fraction of sp³-hybridized carbons (Fsp3) is 0.316. The number of para-hydroxylation sites is 1. The Labute approximate surface area is 140 Å². The maximum atomic E-state index is 13.2. The molecule has 0 aromatic heterocycles. The van der Waals surface area contributed by atoms with Crippen LogP contribution in [0.15, 0.2) is 48.5 Å². The molecular formula is C19H20FNO3. The lowest BCUT2D eigenvalue weighted by atomic mass is 10.1. The summed E-state index contributed by atoms with van der Waals surface area (Å²) in [7, 11) is 1.62. The van der Waals surface area contributed by atoms with Gasteiger partial charge in [-0.25, -0.2) is 4.39 Å². The van der Waals surface area contributed by atoms with E-state index in [-0.39, 0.29) is 24.3 Å². The SMILES string of the molecule is COc1ccccc1[C@@H]1C[C@@H]1C(=O)NC[C@@H](O)c1cccc(F)c1. The van der Waals surface area contributed by atoms with Crippen LogP contribution in [0.4, 0.5) is 4.39 Å². The predicted molar refractivity (Wildman–Crippen MR) is 88.2 cm³/mol. The van der Waals surface area contributed by atoms with Gasteiger partial charge in [0.15, 0.2) is 0 Å². The van der Waals surface area contributed by atoms with Crippen molar-refractivity contribution in [3.05, 3.63) is 65.5 Å². The molecule has 1 aliphatic carbocycles. The molecule has 2 aromatic carbocycles. The molecule has 2 aromatic rings. The number of methoxy groups -OCH3 is 1. The zero-order valence-electron chi connectivity index (χ0n) is 13.4. The van der Waals surface area contributed by atoms with Crippen LogP contribution < -0.4 is 10.1 Å². The molecule has 126 valence electrons. The molecule has 0 saturated heterocycles. The molecule has 0 aliphatic heterocycles. The van der Waals surface area contributed by atoms with Crippen molar-refractivity contribution in [2.24, 2.45) is 5.92 Å². The number of rotatable bonds is 6. The Kier molecular flexibility index (Phi) is 4.81. The number of nitrogens with one attached hydrogen (secondary N) is 1. The first-order chi connectivity index (χ1) is 11.6. The normalized spacial score (nSPS) is 20.3. The summed E-state index contributed by atoms with van der Waals surface area (Å²) in [6.45, 7) is 0.0669. The van der Waals surface area contributed by atoms with Gasteiger partial charge in [0.05, 0.1) is 13.2 Å². The summed E-state index contributed by atoms with van der Waals surface area (Å²) in [6.07, 6.45) is -0.157. The quantitative estimate of drug-likeness (QED) is 0.857. The lowest BCUT2D eigenvalue weighted by Gasteiger charge is -2.13. The number of aliphatic hydroxyl groups excluding tert-OH is 1. The van der Waals surface area contributed by atoms with E-state index in [2.05, 4.69) is 5.32 Å². The molecule has 3 rings (SSSR count). The van der Waals surface area contributed by atoms with E-state index < -0.39 is 11.9 Å². The first-order valence-corrected chi connectivity index (χ1v) is 7.94. The number of ether oxygens (including phenoxy) is 1. The molecule has 0 heterocycles. The maximum Gasteiger partial charge on any atom is 0.223 e. The Morgan fingerprint density at radius 1 is 1.33 bits per heavy atom.